The number of nitrogens with zero attached hydrogens (tertiary/aromatic N) is 7. The molecule has 2 saturated carbocycles. The summed E-state index contributed by atoms with van der Waals surface area (Å²) in [5.41, 5.74) is 6.19. The molecule has 5 aromatic rings. The molecule has 0 radical (unpaired) electrons. The molecule has 0 atom stereocenters. The van der Waals surface area contributed by atoms with Crippen LogP contribution in [0.15, 0.2) is 85.5 Å². The number of anilines is 3. The van der Waals surface area contributed by atoms with Gasteiger partial charge in [0.25, 0.3) is 5.91 Å². The number of likely N-dealkylation sites (tertiary alicyclic amines) is 2. The second-order valence-corrected chi connectivity index (χ2v) is 18.2. The molecule has 0 unspecified atom stereocenters. The van der Waals surface area contributed by atoms with Crippen molar-refractivity contribution in [3.8, 4) is 5.75 Å². The highest BCUT2D eigenvalue weighted by atomic mass is 16.5. The number of rotatable bonds is 11. The van der Waals surface area contributed by atoms with Crippen molar-refractivity contribution in [2.24, 2.45) is 5.41 Å². The zero-order valence-electron chi connectivity index (χ0n) is 35.7. The molecule has 5 aliphatic rings. The van der Waals surface area contributed by atoms with Crippen LogP contribution in [-0.4, -0.2) is 105 Å². The number of ether oxygens (including phenoxy) is 1. The Bertz CT molecular complexity index is 2500. The van der Waals surface area contributed by atoms with Crippen molar-refractivity contribution in [3.63, 3.8) is 0 Å². The number of amides is 5. The summed E-state index contributed by atoms with van der Waals surface area (Å²) in [6, 6.07) is 24.3. The highest BCUT2D eigenvalue weighted by Gasteiger charge is 2.48. The molecule has 1 spiro atoms. The SMILES string of the molecule is COc1ccc(C(=O)N2CCC3(CC2)CC(N2CCC(c4ccc(Nc5ncnc6c5ncn6C5CC(NC(=O)Cc6ccccc6)C5)cc4)CC2)C3)cc1N1CCC(=O)NC1=O. The highest BCUT2D eigenvalue weighted by molar-refractivity contribution is 6.07. The van der Waals surface area contributed by atoms with Crippen LogP contribution in [0.25, 0.3) is 11.2 Å². The Hall–Kier alpha value is -6.35. The predicted octanol–water partition coefficient (Wildman–Crippen LogP) is 6.35. The average molecular weight is 851 g/mol. The number of imide groups is 1. The van der Waals surface area contributed by atoms with Crippen molar-refractivity contribution in [2.75, 3.05) is 50.1 Å². The van der Waals surface area contributed by atoms with Gasteiger partial charge in [-0.2, -0.15) is 0 Å². The van der Waals surface area contributed by atoms with E-state index in [-0.39, 0.29) is 42.8 Å². The minimum Gasteiger partial charge on any atom is -0.495 e. The lowest BCUT2D eigenvalue weighted by Gasteiger charge is -2.56. The van der Waals surface area contributed by atoms with E-state index in [1.807, 2.05) is 41.6 Å². The van der Waals surface area contributed by atoms with E-state index in [1.54, 1.807) is 24.5 Å². The quantitative estimate of drug-likeness (QED) is 0.136. The van der Waals surface area contributed by atoms with Gasteiger partial charge in [0, 0.05) is 55.4 Å². The first-order chi connectivity index (χ1) is 30.7. The van der Waals surface area contributed by atoms with Crippen LogP contribution in [0.5, 0.6) is 5.75 Å². The van der Waals surface area contributed by atoms with Crippen LogP contribution in [0.3, 0.4) is 0 Å². The summed E-state index contributed by atoms with van der Waals surface area (Å²) in [6.45, 7) is 3.89. The molecule has 5 amide bonds. The zero-order chi connectivity index (χ0) is 43.1. The number of methoxy groups -OCH3 is 1. The largest absolute Gasteiger partial charge is 0.495 e. The molecular weight excluding hydrogens is 797 g/mol. The summed E-state index contributed by atoms with van der Waals surface area (Å²) in [5, 5.41) is 9.01. The van der Waals surface area contributed by atoms with Crippen LogP contribution >= 0.6 is 0 Å². The van der Waals surface area contributed by atoms with Gasteiger partial charge in [0.05, 0.1) is 25.5 Å². The molecule has 3 N–H and O–H groups in total. The number of fused-ring (bicyclic) bond motifs is 1. The fraction of sp³-hybridized carbons (Fsp3) is 0.438. The van der Waals surface area contributed by atoms with Crippen molar-refractivity contribution in [1.82, 2.24) is 40.0 Å². The molecule has 3 saturated heterocycles. The molecular formula is C48H54N10O5. The Labute approximate surface area is 366 Å². The van der Waals surface area contributed by atoms with Crippen molar-refractivity contribution in [2.45, 2.75) is 88.3 Å². The maximum atomic E-state index is 13.7. The first-order valence-corrected chi connectivity index (χ1v) is 22.4. The lowest BCUT2D eigenvalue weighted by molar-refractivity contribution is -0.122. The van der Waals surface area contributed by atoms with Gasteiger partial charge >= 0.3 is 6.03 Å². The maximum Gasteiger partial charge on any atom is 0.328 e. The van der Waals surface area contributed by atoms with E-state index < -0.39 is 6.03 Å². The zero-order valence-corrected chi connectivity index (χ0v) is 35.7. The Balaban J connectivity index is 0.674. The third-order valence-electron chi connectivity index (χ3n) is 14.3. The molecule has 3 aliphatic heterocycles. The predicted molar refractivity (Wildman–Crippen MR) is 238 cm³/mol. The molecule has 10 rings (SSSR count). The summed E-state index contributed by atoms with van der Waals surface area (Å²) in [4.78, 5) is 70.5. The number of aromatic nitrogens is 4. The monoisotopic (exact) mass is 850 g/mol. The van der Waals surface area contributed by atoms with Gasteiger partial charge in [-0.3, -0.25) is 24.6 Å². The molecule has 5 fully saturated rings. The molecule has 15 nitrogen and oxygen atoms in total. The van der Waals surface area contributed by atoms with E-state index in [4.69, 9.17) is 9.72 Å². The molecule has 63 heavy (non-hydrogen) atoms. The Morgan fingerprint density at radius 3 is 2.37 bits per heavy atom. The van der Waals surface area contributed by atoms with E-state index >= 15 is 0 Å². The molecule has 0 bridgehead atoms. The van der Waals surface area contributed by atoms with Crippen molar-refractivity contribution in [1.29, 1.82) is 0 Å². The Morgan fingerprint density at radius 2 is 1.63 bits per heavy atom. The fourth-order valence-electron chi connectivity index (χ4n) is 10.6. The first-order valence-electron chi connectivity index (χ1n) is 22.4. The molecule has 15 heteroatoms. The number of nitrogens with one attached hydrogen (secondary N) is 3. The van der Waals surface area contributed by atoms with Gasteiger partial charge in [-0.05, 0) is 117 Å². The van der Waals surface area contributed by atoms with E-state index in [1.165, 1.54) is 30.4 Å². The number of urea groups is 1. The molecule has 5 heterocycles. The summed E-state index contributed by atoms with van der Waals surface area (Å²) in [5.74, 6) is 1.40. The number of piperidine rings is 2. The molecule has 3 aromatic carbocycles. The Morgan fingerprint density at radius 1 is 0.873 bits per heavy atom. The molecule has 326 valence electrons. The molecule has 2 aromatic heterocycles. The van der Waals surface area contributed by atoms with Crippen LogP contribution < -0.4 is 25.6 Å². The van der Waals surface area contributed by atoms with Gasteiger partial charge in [0.2, 0.25) is 11.8 Å². The van der Waals surface area contributed by atoms with Gasteiger partial charge in [0.15, 0.2) is 17.0 Å². The third kappa shape index (κ3) is 8.33. The van der Waals surface area contributed by atoms with Gasteiger partial charge < -0.3 is 29.7 Å². The van der Waals surface area contributed by atoms with Crippen molar-refractivity contribution in [3.05, 3.63) is 102 Å². The van der Waals surface area contributed by atoms with Crippen molar-refractivity contribution >= 4 is 52.1 Å². The number of benzene rings is 3. The number of hydrogen-bond acceptors (Lipinski definition) is 10. The number of carbonyl (C=O) groups is 4. The van der Waals surface area contributed by atoms with E-state index in [0.29, 0.717) is 46.6 Å². The van der Waals surface area contributed by atoms with Gasteiger partial charge in [-0.1, -0.05) is 42.5 Å². The van der Waals surface area contributed by atoms with Crippen LogP contribution in [-0.2, 0) is 16.0 Å². The highest BCUT2D eigenvalue weighted by Crippen LogP contribution is 2.52. The average Bonchev–Trinajstić information content (AvgIpc) is 3.71. The van der Waals surface area contributed by atoms with E-state index in [0.717, 1.165) is 87.1 Å². The summed E-state index contributed by atoms with van der Waals surface area (Å²) >= 11 is 0. The third-order valence-corrected chi connectivity index (χ3v) is 14.3. The number of imidazole rings is 1. The van der Waals surface area contributed by atoms with Crippen molar-refractivity contribution < 1.29 is 23.9 Å². The normalized spacial score (nSPS) is 21.7. The second kappa shape index (κ2) is 17.1. The Kier molecular flexibility index (Phi) is 11.0. The first kappa shape index (κ1) is 40.7. The van der Waals surface area contributed by atoms with Gasteiger partial charge in [0.1, 0.15) is 12.1 Å². The summed E-state index contributed by atoms with van der Waals surface area (Å²) < 4.78 is 7.61. The fourth-order valence-corrected chi connectivity index (χ4v) is 10.6. The molecule has 2 aliphatic carbocycles. The lowest BCUT2D eigenvalue weighted by atomic mass is 9.59. The standard InChI is InChI=1S/C48H54N10O5/c1-63-40-12-9-34(24-39(40)57-20-15-41(59)54-47(57)62)46(61)56-21-16-48(17-22-56)27-38(28-48)55-18-13-33(14-19-55)32-7-10-35(11-8-32)53-44-43-45(50-29-49-44)58(30-51-43)37-25-36(26-37)52-42(60)23-31-5-3-2-4-6-31/h2-12,24,29-30,33,36-38H,13-23,25-28H2,1H3,(H,52,60)(H,49,50,53)(H,54,59,62). The number of hydrogen-bond donors (Lipinski definition) is 3. The van der Waals surface area contributed by atoms with Gasteiger partial charge in [-0.15, -0.1) is 0 Å². The lowest BCUT2D eigenvalue weighted by Crippen LogP contribution is -2.56. The second-order valence-electron chi connectivity index (χ2n) is 18.2. The van der Waals surface area contributed by atoms with Crippen LogP contribution in [0, 0.1) is 5.41 Å². The number of carbonyl (C=O) groups excluding carboxylic acids is 4. The summed E-state index contributed by atoms with van der Waals surface area (Å²) in [7, 11) is 1.53. The minimum absolute atomic E-state index is 0.0374. The van der Waals surface area contributed by atoms with E-state index in [9.17, 15) is 19.2 Å². The van der Waals surface area contributed by atoms with Crippen LogP contribution in [0.4, 0.5) is 22.0 Å². The topological polar surface area (TPSA) is 167 Å². The van der Waals surface area contributed by atoms with E-state index in [2.05, 4.69) is 59.7 Å². The van der Waals surface area contributed by atoms with Crippen LogP contribution in [0.1, 0.15) is 91.2 Å². The van der Waals surface area contributed by atoms with Crippen LogP contribution in [0.2, 0.25) is 0 Å². The minimum atomic E-state index is -0.504. The maximum absolute atomic E-state index is 13.7. The smallest absolute Gasteiger partial charge is 0.328 e. The summed E-state index contributed by atoms with van der Waals surface area (Å²) in [6.07, 6.45) is 12.4. The van der Waals surface area contributed by atoms with Gasteiger partial charge in [-0.25, -0.2) is 19.7 Å².